The highest BCUT2D eigenvalue weighted by Gasteiger charge is 2.40. The van der Waals surface area contributed by atoms with Gasteiger partial charge in [-0.05, 0) is 42.3 Å². The summed E-state index contributed by atoms with van der Waals surface area (Å²) >= 11 is 0. The zero-order valence-corrected chi connectivity index (χ0v) is 13.9. The Balaban J connectivity index is 1.49. The van der Waals surface area contributed by atoms with Crippen molar-refractivity contribution in [1.82, 2.24) is 5.06 Å². The molecule has 2 heterocycles. The van der Waals surface area contributed by atoms with Crippen LogP contribution in [-0.2, 0) is 16.1 Å². The summed E-state index contributed by atoms with van der Waals surface area (Å²) in [4.78, 5) is 42.2. The molecule has 7 heteroatoms. The number of carbonyl (C=O) groups excluding carboxylic acids is 3. The quantitative estimate of drug-likeness (QED) is 0.785. The molecular formula is C19H15NO6. The minimum atomic E-state index is -0.687. The normalized spacial score (nSPS) is 18.0. The molecular weight excluding hydrogens is 338 g/mol. The van der Waals surface area contributed by atoms with Crippen LogP contribution >= 0.6 is 0 Å². The topological polar surface area (TPSA) is 82.1 Å². The molecule has 0 spiro atoms. The van der Waals surface area contributed by atoms with E-state index in [1.54, 1.807) is 37.4 Å². The molecule has 0 radical (unpaired) electrons. The van der Waals surface area contributed by atoms with Gasteiger partial charge in [-0.25, -0.2) is 4.79 Å². The van der Waals surface area contributed by atoms with Crippen molar-refractivity contribution in [2.24, 2.45) is 5.92 Å². The van der Waals surface area contributed by atoms with Crippen molar-refractivity contribution in [2.45, 2.75) is 6.42 Å². The predicted molar refractivity (Wildman–Crippen MR) is 88.7 cm³/mol. The number of hydroxylamine groups is 2. The molecule has 1 unspecified atom stereocenters. The fourth-order valence-corrected chi connectivity index (χ4v) is 3.06. The van der Waals surface area contributed by atoms with E-state index in [2.05, 4.69) is 0 Å². The molecule has 132 valence electrons. The molecule has 0 saturated heterocycles. The van der Waals surface area contributed by atoms with Crippen molar-refractivity contribution < 1.29 is 28.7 Å². The summed E-state index contributed by atoms with van der Waals surface area (Å²) in [5.41, 5.74) is 1.25. The molecule has 0 N–H and O–H groups in total. The molecule has 2 aliphatic heterocycles. The number of rotatable bonds is 3. The van der Waals surface area contributed by atoms with Gasteiger partial charge in [0.2, 0.25) is 0 Å². The Hall–Kier alpha value is -3.35. The fraction of sp³-hybridized carbons (Fsp3) is 0.211. The molecule has 0 bridgehead atoms. The first kappa shape index (κ1) is 16.1. The summed E-state index contributed by atoms with van der Waals surface area (Å²) in [6, 6.07) is 11.7. The number of carbonyl (C=O) groups is 3. The average molecular weight is 353 g/mol. The highest BCUT2D eigenvalue weighted by molar-refractivity contribution is 6.20. The maximum atomic E-state index is 12.5. The summed E-state index contributed by atoms with van der Waals surface area (Å²) in [6.45, 7) is 0.112. The highest BCUT2D eigenvalue weighted by atomic mass is 16.7. The van der Waals surface area contributed by atoms with Gasteiger partial charge in [0.15, 0.2) is 0 Å². The second-order valence-corrected chi connectivity index (χ2v) is 6.05. The zero-order valence-electron chi connectivity index (χ0n) is 13.9. The lowest BCUT2D eigenvalue weighted by molar-refractivity contribution is -0.175. The minimum Gasteiger partial charge on any atom is -0.497 e. The third kappa shape index (κ3) is 2.57. The summed E-state index contributed by atoms with van der Waals surface area (Å²) in [7, 11) is 1.55. The molecule has 2 aliphatic rings. The Morgan fingerprint density at radius 2 is 1.81 bits per heavy atom. The first-order valence-electron chi connectivity index (χ1n) is 8.08. The van der Waals surface area contributed by atoms with E-state index in [0.29, 0.717) is 23.0 Å². The van der Waals surface area contributed by atoms with E-state index < -0.39 is 23.7 Å². The van der Waals surface area contributed by atoms with Gasteiger partial charge in [0.05, 0.1) is 24.2 Å². The van der Waals surface area contributed by atoms with Crippen LogP contribution in [-0.4, -0.2) is 36.6 Å². The van der Waals surface area contributed by atoms with Gasteiger partial charge in [-0.1, -0.05) is 17.2 Å². The molecule has 4 rings (SSSR count). The summed E-state index contributed by atoms with van der Waals surface area (Å²) in [5, 5.41) is 0.522. The fourth-order valence-electron chi connectivity index (χ4n) is 3.06. The van der Waals surface area contributed by atoms with E-state index >= 15 is 0 Å². The van der Waals surface area contributed by atoms with E-state index in [1.807, 2.05) is 0 Å². The van der Waals surface area contributed by atoms with Crippen molar-refractivity contribution in [2.75, 3.05) is 13.7 Å². The summed E-state index contributed by atoms with van der Waals surface area (Å²) in [5.74, 6) is -1.26. The van der Waals surface area contributed by atoms with E-state index in [9.17, 15) is 14.4 Å². The monoisotopic (exact) mass is 353 g/mol. The van der Waals surface area contributed by atoms with Crippen LogP contribution in [0.15, 0.2) is 42.5 Å². The first-order valence-corrected chi connectivity index (χ1v) is 8.08. The van der Waals surface area contributed by atoms with Crippen LogP contribution in [0.4, 0.5) is 0 Å². The smallest absolute Gasteiger partial charge is 0.340 e. The second kappa shape index (κ2) is 6.18. The largest absolute Gasteiger partial charge is 0.497 e. The molecule has 0 saturated carbocycles. The van der Waals surface area contributed by atoms with Crippen molar-refractivity contribution >= 4 is 17.8 Å². The van der Waals surface area contributed by atoms with Gasteiger partial charge in [0, 0.05) is 0 Å². The molecule has 1 atom stereocenters. The van der Waals surface area contributed by atoms with E-state index in [-0.39, 0.29) is 17.7 Å². The standard InChI is InChI=1S/C19H15NO6/c1-24-13-6-7-16-11(9-13)8-12(10-25-16)19(23)26-20-17(21)14-4-2-3-5-15(14)18(20)22/h2-7,9,12H,8,10H2,1H3. The number of fused-ring (bicyclic) bond motifs is 2. The first-order chi connectivity index (χ1) is 12.6. The van der Waals surface area contributed by atoms with E-state index in [0.717, 1.165) is 5.56 Å². The van der Waals surface area contributed by atoms with Gasteiger partial charge >= 0.3 is 5.97 Å². The maximum absolute atomic E-state index is 12.5. The van der Waals surface area contributed by atoms with Gasteiger partial charge in [-0.3, -0.25) is 9.59 Å². The lowest BCUT2D eigenvalue weighted by Gasteiger charge is -2.25. The average Bonchev–Trinajstić information content (AvgIpc) is 2.92. The maximum Gasteiger partial charge on any atom is 0.340 e. The van der Waals surface area contributed by atoms with Gasteiger partial charge in [0.1, 0.15) is 18.1 Å². The second-order valence-electron chi connectivity index (χ2n) is 6.05. The highest BCUT2D eigenvalue weighted by Crippen LogP contribution is 2.31. The lowest BCUT2D eigenvalue weighted by Crippen LogP contribution is -2.38. The van der Waals surface area contributed by atoms with Crippen LogP contribution in [0.1, 0.15) is 26.3 Å². The van der Waals surface area contributed by atoms with Gasteiger partial charge in [0.25, 0.3) is 11.8 Å². The summed E-state index contributed by atoms with van der Waals surface area (Å²) < 4.78 is 10.8. The Bertz CT molecular complexity index is 887. The molecule has 2 aromatic carbocycles. The molecule has 2 aromatic rings. The predicted octanol–water partition coefficient (Wildman–Crippen LogP) is 2.00. The number of benzene rings is 2. The van der Waals surface area contributed by atoms with Crippen LogP contribution in [0.5, 0.6) is 11.5 Å². The molecule has 26 heavy (non-hydrogen) atoms. The van der Waals surface area contributed by atoms with Crippen LogP contribution in [0.3, 0.4) is 0 Å². The van der Waals surface area contributed by atoms with Crippen molar-refractivity contribution in [3.8, 4) is 11.5 Å². The van der Waals surface area contributed by atoms with Crippen molar-refractivity contribution in [3.05, 3.63) is 59.2 Å². The number of imide groups is 1. The van der Waals surface area contributed by atoms with Gasteiger partial charge < -0.3 is 14.3 Å². The Morgan fingerprint density at radius 1 is 1.12 bits per heavy atom. The van der Waals surface area contributed by atoms with Crippen LogP contribution in [0.2, 0.25) is 0 Å². The molecule has 0 fully saturated rings. The third-order valence-electron chi connectivity index (χ3n) is 4.45. The number of ether oxygens (including phenoxy) is 2. The Morgan fingerprint density at radius 3 is 2.46 bits per heavy atom. The van der Waals surface area contributed by atoms with Crippen LogP contribution in [0.25, 0.3) is 0 Å². The molecule has 7 nitrogen and oxygen atoms in total. The molecule has 2 amide bonds. The zero-order chi connectivity index (χ0) is 18.3. The Labute approximate surface area is 149 Å². The van der Waals surface area contributed by atoms with Crippen molar-refractivity contribution in [1.29, 1.82) is 0 Å². The van der Waals surface area contributed by atoms with Crippen LogP contribution in [0, 0.1) is 5.92 Å². The van der Waals surface area contributed by atoms with E-state index in [4.69, 9.17) is 14.3 Å². The molecule has 0 aromatic heterocycles. The number of hydrogen-bond donors (Lipinski definition) is 0. The SMILES string of the molecule is COc1ccc2c(c1)CC(C(=O)ON1C(=O)c3ccccc3C1=O)CO2. The molecule has 0 aliphatic carbocycles. The summed E-state index contributed by atoms with van der Waals surface area (Å²) in [6.07, 6.45) is 0.370. The number of nitrogens with zero attached hydrogens (tertiary/aromatic N) is 1. The number of hydrogen-bond acceptors (Lipinski definition) is 6. The Kier molecular flexibility index (Phi) is 3.84. The van der Waals surface area contributed by atoms with Gasteiger partial charge in [-0.15, -0.1) is 0 Å². The minimum absolute atomic E-state index is 0.112. The number of amides is 2. The van der Waals surface area contributed by atoms with Gasteiger partial charge in [-0.2, -0.15) is 0 Å². The number of methoxy groups -OCH3 is 1. The van der Waals surface area contributed by atoms with E-state index in [1.165, 1.54) is 12.1 Å². The van der Waals surface area contributed by atoms with Crippen molar-refractivity contribution in [3.63, 3.8) is 0 Å². The van der Waals surface area contributed by atoms with Crippen LogP contribution < -0.4 is 9.47 Å². The lowest BCUT2D eigenvalue weighted by atomic mass is 9.97. The third-order valence-corrected chi connectivity index (χ3v) is 4.45.